The number of rotatable bonds is 0. The minimum atomic E-state index is 0. The zero-order valence-electron chi connectivity index (χ0n) is 5.65. The Hall–Kier alpha value is -0.220. The first-order valence-electron chi connectivity index (χ1n) is 2.27. The van der Waals surface area contributed by atoms with E-state index in [1.54, 1.807) is 6.07 Å². The number of phenols is 2. The molecule has 0 radical (unpaired) electrons. The average Bonchev–Trinajstić information content (AvgIpc) is 1.64. The summed E-state index contributed by atoms with van der Waals surface area (Å²) in [6.07, 6.45) is 0. The summed E-state index contributed by atoms with van der Waals surface area (Å²) in [5, 5.41) is 17.3. The maximum absolute atomic E-state index is 8.65. The molecule has 0 amide bonds. The molecule has 1 aromatic rings. The van der Waals surface area contributed by atoms with E-state index in [4.69, 9.17) is 10.2 Å². The number of phenolic OH excluding ortho intramolecular Hbond substituents is 2. The van der Waals surface area contributed by atoms with Crippen molar-refractivity contribution >= 4 is 0 Å². The Labute approximate surface area is 80.9 Å². The Balaban J connectivity index is 0. The molecule has 0 bridgehead atoms. The van der Waals surface area contributed by atoms with Gasteiger partial charge in [0.25, 0.3) is 0 Å². The summed E-state index contributed by atoms with van der Waals surface area (Å²) in [5.41, 5.74) is 0. The summed E-state index contributed by atoms with van der Waals surface area (Å²) in [7, 11) is 0. The molecule has 10 heavy (non-hydrogen) atoms. The second-order valence-corrected chi connectivity index (χ2v) is 1.52. The van der Waals surface area contributed by atoms with Crippen molar-refractivity contribution in [3.63, 3.8) is 0 Å². The summed E-state index contributed by atoms with van der Waals surface area (Å²) in [5.74, 6) is 0.176. The van der Waals surface area contributed by atoms with Gasteiger partial charge in [-0.15, -0.1) is 0 Å². The molecule has 3 nitrogen and oxygen atoms in total. The summed E-state index contributed by atoms with van der Waals surface area (Å²) in [6, 6.07) is 5.85. The van der Waals surface area contributed by atoms with Crippen molar-refractivity contribution in [1.82, 2.24) is 0 Å². The molecule has 0 saturated carbocycles. The monoisotopic (exact) mass is 150 g/mol. The van der Waals surface area contributed by atoms with Crippen LogP contribution in [0.1, 0.15) is 0 Å². The molecule has 50 valence electrons. The minimum absolute atomic E-state index is 0. The molecule has 1 rings (SSSR count). The predicted octanol–water partition coefficient (Wildman–Crippen LogP) is -2.08. The molecule has 0 atom stereocenters. The van der Waals surface area contributed by atoms with Gasteiger partial charge >= 0.3 is 29.6 Å². The van der Waals surface area contributed by atoms with Gasteiger partial charge in [0.2, 0.25) is 0 Å². The van der Waals surface area contributed by atoms with Crippen LogP contribution in [0.4, 0.5) is 0 Å². The summed E-state index contributed by atoms with van der Waals surface area (Å²) < 4.78 is 0. The second-order valence-electron chi connectivity index (χ2n) is 1.52. The van der Waals surface area contributed by atoms with Crippen LogP contribution in [-0.4, -0.2) is 15.7 Å². The Bertz CT molecular complexity index is 173. The normalized spacial score (nSPS) is 7.20. The fourth-order valence-corrected chi connectivity index (χ4v) is 0.493. The van der Waals surface area contributed by atoms with E-state index in [1.165, 1.54) is 18.2 Å². The molecule has 1 aromatic carbocycles. The van der Waals surface area contributed by atoms with Crippen LogP contribution in [0.3, 0.4) is 0 Å². The molecule has 0 heterocycles. The zero-order valence-corrected chi connectivity index (χ0v) is 7.65. The van der Waals surface area contributed by atoms with Crippen molar-refractivity contribution in [1.29, 1.82) is 0 Å². The van der Waals surface area contributed by atoms with Gasteiger partial charge in [-0.1, -0.05) is 6.07 Å². The third-order valence-corrected chi connectivity index (χ3v) is 0.830. The van der Waals surface area contributed by atoms with Gasteiger partial charge < -0.3 is 15.7 Å². The molecule has 0 spiro atoms. The van der Waals surface area contributed by atoms with Crippen molar-refractivity contribution in [2.45, 2.75) is 0 Å². The van der Waals surface area contributed by atoms with E-state index in [0.717, 1.165) is 0 Å². The van der Waals surface area contributed by atoms with Crippen molar-refractivity contribution in [3.05, 3.63) is 24.3 Å². The quantitative estimate of drug-likeness (QED) is 0.417. The van der Waals surface area contributed by atoms with Crippen molar-refractivity contribution < 1.29 is 45.2 Å². The van der Waals surface area contributed by atoms with E-state index in [1.807, 2.05) is 0 Å². The zero-order chi connectivity index (χ0) is 5.98. The van der Waals surface area contributed by atoms with Crippen LogP contribution in [0, 0.1) is 0 Å². The maximum atomic E-state index is 8.65. The molecule has 0 saturated heterocycles. The molecular formula is C6H7NaO3. The molecule has 0 aliphatic rings. The standard InChI is InChI=1S/C6H6O2.Na.H2O/c7-5-2-1-3-6(8)4-5;;/h1-4,7-8H;;1H2/q;+1;/p-1. The molecule has 0 aromatic heterocycles. The molecule has 0 aliphatic heterocycles. The van der Waals surface area contributed by atoms with Crippen LogP contribution >= 0.6 is 0 Å². The third kappa shape index (κ3) is 3.74. The summed E-state index contributed by atoms with van der Waals surface area (Å²) in [6.45, 7) is 0. The smallest absolute Gasteiger partial charge is 0.870 e. The third-order valence-electron chi connectivity index (χ3n) is 0.830. The van der Waals surface area contributed by atoms with E-state index in [-0.39, 0.29) is 46.5 Å². The Morgan fingerprint density at radius 2 is 1.40 bits per heavy atom. The van der Waals surface area contributed by atoms with Crippen LogP contribution in [0.25, 0.3) is 0 Å². The van der Waals surface area contributed by atoms with Crippen LogP contribution in [0.15, 0.2) is 24.3 Å². The minimum Gasteiger partial charge on any atom is -0.870 e. The van der Waals surface area contributed by atoms with Crippen molar-refractivity contribution in [2.24, 2.45) is 0 Å². The van der Waals surface area contributed by atoms with Crippen molar-refractivity contribution in [2.75, 3.05) is 0 Å². The largest absolute Gasteiger partial charge is 1.00 e. The SMILES string of the molecule is Oc1cccc(O)c1.[Na+].[OH-]. The Morgan fingerprint density at radius 1 is 1.00 bits per heavy atom. The first-order valence-corrected chi connectivity index (χ1v) is 2.27. The van der Waals surface area contributed by atoms with Crippen LogP contribution in [0.5, 0.6) is 11.5 Å². The second kappa shape index (κ2) is 5.56. The topological polar surface area (TPSA) is 70.5 Å². The van der Waals surface area contributed by atoms with Crippen LogP contribution in [0.2, 0.25) is 0 Å². The first-order chi connectivity index (χ1) is 3.79. The maximum Gasteiger partial charge on any atom is 1.00 e. The summed E-state index contributed by atoms with van der Waals surface area (Å²) >= 11 is 0. The average molecular weight is 150 g/mol. The van der Waals surface area contributed by atoms with Crippen LogP contribution < -0.4 is 29.6 Å². The molecule has 3 N–H and O–H groups in total. The number of hydrogen-bond donors (Lipinski definition) is 2. The number of aromatic hydroxyl groups is 2. The van der Waals surface area contributed by atoms with E-state index in [2.05, 4.69) is 0 Å². The Kier molecular flexibility index (Phi) is 6.92. The number of hydrogen-bond acceptors (Lipinski definition) is 3. The van der Waals surface area contributed by atoms with Gasteiger partial charge in [0, 0.05) is 6.07 Å². The van der Waals surface area contributed by atoms with Gasteiger partial charge in [-0.2, -0.15) is 0 Å². The van der Waals surface area contributed by atoms with E-state index in [9.17, 15) is 0 Å². The van der Waals surface area contributed by atoms with Crippen LogP contribution in [-0.2, 0) is 0 Å². The molecule has 4 heteroatoms. The fourth-order valence-electron chi connectivity index (χ4n) is 0.493. The van der Waals surface area contributed by atoms with Gasteiger partial charge in [-0.25, -0.2) is 0 Å². The molecule has 0 fully saturated rings. The van der Waals surface area contributed by atoms with Gasteiger partial charge in [0.1, 0.15) is 11.5 Å². The molecule has 0 unspecified atom stereocenters. The fraction of sp³-hybridized carbons (Fsp3) is 0. The van der Waals surface area contributed by atoms with E-state index < -0.39 is 0 Å². The van der Waals surface area contributed by atoms with Crippen molar-refractivity contribution in [3.8, 4) is 11.5 Å². The van der Waals surface area contributed by atoms with Gasteiger partial charge in [-0.3, -0.25) is 0 Å². The van der Waals surface area contributed by atoms with Gasteiger partial charge in [0.15, 0.2) is 0 Å². The molecule has 0 aliphatic carbocycles. The van der Waals surface area contributed by atoms with E-state index >= 15 is 0 Å². The van der Waals surface area contributed by atoms with Gasteiger partial charge in [-0.05, 0) is 12.1 Å². The predicted molar refractivity (Wildman–Crippen MR) is 31.7 cm³/mol. The first kappa shape index (κ1) is 12.5. The van der Waals surface area contributed by atoms with Gasteiger partial charge in [0.05, 0.1) is 0 Å². The van der Waals surface area contributed by atoms with E-state index in [0.29, 0.717) is 0 Å². The molecular weight excluding hydrogens is 143 g/mol. The number of benzene rings is 1. The summed E-state index contributed by atoms with van der Waals surface area (Å²) in [4.78, 5) is 0. The Morgan fingerprint density at radius 3 is 1.60 bits per heavy atom.